The quantitative estimate of drug-likeness (QED) is 0.390. The predicted molar refractivity (Wildman–Crippen MR) is 124 cm³/mol. The summed E-state index contributed by atoms with van der Waals surface area (Å²) in [6.07, 6.45) is 1.62. The maximum absolute atomic E-state index is 12.1. The van der Waals surface area contributed by atoms with E-state index in [0.29, 0.717) is 42.5 Å². The summed E-state index contributed by atoms with van der Waals surface area (Å²) < 4.78 is 12.3. The first-order valence-electron chi connectivity index (χ1n) is 10.4. The Morgan fingerprint density at radius 1 is 1.12 bits per heavy atom. The van der Waals surface area contributed by atoms with Gasteiger partial charge in [-0.3, -0.25) is 4.79 Å². The first kappa shape index (κ1) is 22.3. The second-order valence-electron chi connectivity index (χ2n) is 7.52. The Morgan fingerprint density at radius 3 is 2.70 bits per heavy atom. The van der Waals surface area contributed by atoms with Gasteiger partial charge in [-0.25, -0.2) is 4.98 Å². The van der Waals surface area contributed by atoms with Gasteiger partial charge in [0.15, 0.2) is 11.2 Å². The Hall–Kier alpha value is -3.89. The number of rotatable bonds is 9. The highest BCUT2D eigenvalue weighted by molar-refractivity contribution is 5.94. The number of carbonyl (C=O) groups excluding carboxylic acids is 1. The molecule has 2 aromatic heterocycles. The van der Waals surface area contributed by atoms with Crippen molar-refractivity contribution in [2.24, 2.45) is 0 Å². The van der Waals surface area contributed by atoms with Crippen LogP contribution in [0.2, 0.25) is 0 Å². The van der Waals surface area contributed by atoms with Crippen LogP contribution in [-0.4, -0.2) is 70.2 Å². The van der Waals surface area contributed by atoms with E-state index in [-0.39, 0.29) is 5.91 Å². The number of nitrogens with zero attached hydrogens (tertiary/aromatic N) is 6. The number of hydrogen-bond acceptors (Lipinski definition) is 8. The fourth-order valence-electron chi connectivity index (χ4n) is 3.16. The highest BCUT2D eigenvalue weighted by Crippen LogP contribution is 2.19. The van der Waals surface area contributed by atoms with Crippen molar-refractivity contribution in [3.63, 3.8) is 0 Å². The third kappa shape index (κ3) is 5.30. The maximum Gasteiger partial charge on any atom is 0.253 e. The Balaban J connectivity index is 1.54. The van der Waals surface area contributed by atoms with Crippen LogP contribution in [0.25, 0.3) is 16.9 Å². The van der Waals surface area contributed by atoms with Gasteiger partial charge in [0, 0.05) is 32.5 Å². The number of hydrogen-bond donors (Lipinski definition) is 1. The summed E-state index contributed by atoms with van der Waals surface area (Å²) in [6, 6.07) is 15.0. The molecule has 0 radical (unpaired) electrons. The number of benzene rings is 2. The van der Waals surface area contributed by atoms with E-state index in [1.54, 1.807) is 44.2 Å². The number of carbonyl (C=O) groups is 1. The molecule has 4 rings (SSSR count). The molecule has 33 heavy (non-hydrogen) atoms. The van der Waals surface area contributed by atoms with Gasteiger partial charge in [0.1, 0.15) is 0 Å². The molecule has 0 aliphatic carbocycles. The normalized spacial score (nSPS) is 11.0. The molecule has 0 fully saturated rings. The third-order valence-electron chi connectivity index (χ3n) is 4.84. The zero-order chi connectivity index (χ0) is 23.2. The summed E-state index contributed by atoms with van der Waals surface area (Å²) in [5, 5.41) is 11.6. The van der Waals surface area contributed by atoms with Gasteiger partial charge in [0.25, 0.3) is 5.91 Å². The summed E-state index contributed by atoms with van der Waals surface area (Å²) in [5.41, 5.74) is 4.35. The fourth-order valence-corrected chi connectivity index (χ4v) is 3.16. The Labute approximate surface area is 191 Å². The largest absolute Gasteiger partial charge is 0.382 e. The van der Waals surface area contributed by atoms with Crippen molar-refractivity contribution in [3.8, 4) is 5.69 Å². The number of methoxy groups -OCH3 is 1. The highest BCUT2D eigenvalue weighted by atomic mass is 16.5. The van der Waals surface area contributed by atoms with Gasteiger partial charge < -0.3 is 19.7 Å². The molecule has 2 aromatic carbocycles. The van der Waals surface area contributed by atoms with E-state index >= 15 is 0 Å². The van der Waals surface area contributed by atoms with Crippen LogP contribution in [0.15, 0.2) is 54.7 Å². The number of aromatic nitrogens is 5. The van der Waals surface area contributed by atoms with E-state index in [9.17, 15) is 4.79 Å². The standard InChI is InChI=1S/C23H25N7O3/c1-29(2)22(31)17-7-9-18(10-8-17)25-23-24-14-20-21(26-23)30(28-27-20)19-6-4-5-16(13-19)15-33-12-11-32-3/h4-10,13-14H,11-12,15H2,1-3H3,(H,24,25,26). The molecule has 0 unspecified atom stereocenters. The van der Waals surface area contributed by atoms with Gasteiger partial charge in [-0.2, -0.15) is 9.67 Å². The molecule has 0 bridgehead atoms. The molecule has 1 amide bonds. The monoisotopic (exact) mass is 447 g/mol. The third-order valence-corrected chi connectivity index (χ3v) is 4.84. The van der Waals surface area contributed by atoms with Crippen molar-refractivity contribution < 1.29 is 14.3 Å². The lowest BCUT2D eigenvalue weighted by molar-refractivity contribution is 0.0616. The molecule has 0 saturated heterocycles. The van der Waals surface area contributed by atoms with Gasteiger partial charge in [-0.1, -0.05) is 17.3 Å². The van der Waals surface area contributed by atoms with Gasteiger partial charge in [0.2, 0.25) is 5.95 Å². The van der Waals surface area contributed by atoms with E-state index in [1.807, 2.05) is 36.4 Å². The molecular weight excluding hydrogens is 422 g/mol. The van der Waals surface area contributed by atoms with Crippen LogP contribution in [-0.2, 0) is 16.1 Å². The average Bonchev–Trinajstić information content (AvgIpc) is 3.25. The zero-order valence-electron chi connectivity index (χ0n) is 18.7. The van der Waals surface area contributed by atoms with Crippen LogP contribution in [0, 0.1) is 0 Å². The van der Waals surface area contributed by atoms with Crippen molar-refractivity contribution in [1.82, 2.24) is 29.9 Å². The lowest BCUT2D eigenvalue weighted by atomic mass is 10.2. The van der Waals surface area contributed by atoms with E-state index < -0.39 is 0 Å². The molecular formula is C23H25N7O3. The summed E-state index contributed by atoms with van der Waals surface area (Å²) in [6.45, 7) is 1.55. The average molecular weight is 447 g/mol. The van der Waals surface area contributed by atoms with Crippen molar-refractivity contribution in [1.29, 1.82) is 0 Å². The molecule has 10 heteroatoms. The van der Waals surface area contributed by atoms with E-state index in [0.717, 1.165) is 16.9 Å². The summed E-state index contributed by atoms with van der Waals surface area (Å²) in [5.74, 6) is 0.345. The van der Waals surface area contributed by atoms with Gasteiger partial charge >= 0.3 is 0 Å². The van der Waals surface area contributed by atoms with Gasteiger partial charge in [0.05, 0.1) is 31.7 Å². The van der Waals surface area contributed by atoms with Crippen molar-refractivity contribution in [3.05, 3.63) is 65.9 Å². The minimum atomic E-state index is -0.0551. The molecule has 0 aliphatic rings. The number of amides is 1. The second-order valence-corrected chi connectivity index (χ2v) is 7.52. The topological polar surface area (TPSA) is 107 Å². The van der Waals surface area contributed by atoms with Crippen LogP contribution >= 0.6 is 0 Å². The first-order chi connectivity index (χ1) is 16.0. The van der Waals surface area contributed by atoms with E-state index in [4.69, 9.17) is 9.47 Å². The van der Waals surface area contributed by atoms with Crippen LogP contribution < -0.4 is 5.32 Å². The molecule has 10 nitrogen and oxygen atoms in total. The predicted octanol–water partition coefficient (Wildman–Crippen LogP) is 2.82. The van der Waals surface area contributed by atoms with Crippen LogP contribution in [0.3, 0.4) is 0 Å². The zero-order valence-corrected chi connectivity index (χ0v) is 18.7. The van der Waals surface area contributed by atoms with Gasteiger partial charge in [-0.05, 0) is 42.0 Å². The van der Waals surface area contributed by atoms with Crippen LogP contribution in [0.4, 0.5) is 11.6 Å². The second kappa shape index (κ2) is 10.2. The Bertz CT molecular complexity index is 1240. The van der Waals surface area contributed by atoms with E-state index in [1.165, 1.54) is 4.90 Å². The summed E-state index contributed by atoms with van der Waals surface area (Å²) in [7, 11) is 5.09. The number of fused-ring (bicyclic) bond motifs is 1. The van der Waals surface area contributed by atoms with Crippen LogP contribution in [0.1, 0.15) is 15.9 Å². The van der Waals surface area contributed by atoms with Crippen molar-refractivity contribution >= 4 is 28.7 Å². The Kier molecular flexibility index (Phi) is 6.86. The molecule has 170 valence electrons. The SMILES string of the molecule is COCCOCc1cccc(-n2nnc3cnc(Nc4ccc(C(=O)N(C)C)cc4)nc32)c1. The summed E-state index contributed by atoms with van der Waals surface area (Å²) >= 11 is 0. The lowest BCUT2D eigenvalue weighted by Crippen LogP contribution is -2.21. The first-order valence-corrected chi connectivity index (χ1v) is 10.4. The smallest absolute Gasteiger partial charge is 0.253 e. The number of ether oxygens (including phenoxy) is 2. The van der Waals surface area contributed by atoms with Crippen molar-refractivity contribution in [2.75, 3.05) is 39.7 Å². The molecule has 1 N–H and O–H groups in total. The molecule has 0 spiro atoms. The Morgan fingerprint density at radius 2 is 1.94 bits per heavy atom. The van der Waals surface area contributed by atoms with Crippen molar-refractivity contribution in [2.45, 2.75) is 6.61 Å². The fraction of sp³-hybridized carbons (Fsp3) is 0.261. The summed E-state index contributed by atoms with van der Waals surface area (Å²) in [4.78, 5) is 22.5. The number of anilines is 2. The van der Waals surface area contributed by atoms with E-state index in [2.05, 4.69) is 25.6 Å². The highest BCUT2D eigenvalue weighted by Gasteiger charge is 2.12. The minimum absolute atomic E-state index is 0.0551. The molecule has 4 aromatic rings. The molecule has 0 saturated carbocycles. The minimum Gasteiger partial charge on any atom is -0.382 e. The molecule has 2 heterocycles. The van der Waals surface area contributed by atoms with Crippen LogP contribution in [0.5, 0.6) is 0 Å². The number of nitrogens with one attached hydrogen (secondary N) is 1. The van der Waals surface area contributed by atoms with Gasteiger partial charge in [-0.15, -0.1) is 5.10 Å². The molecule has 0 aliphatic heterocycles. The molecule has 0 atom stereocenters. The maximum atomic E-state index is 12.1. The lowest BCUT2D eigenvalue weighted by Gasteiger charge is -2.11.